The van der Waals surface area contributed by atoms with Crippen LogP contribution in [0.15, 0.2) is 180 Å². The molecule has 0 fully saturated rings. The van der Waals surface area contributed by atoms with E-state index in [1.54, 1.807) is 0 Å². The molecular weight excluding hydrogens is 623 g/mol. The monoisotopic (exact) mass is 651 g/mol. The fourth-order valence-electron chi connectivity index (χ4n) is 7.13. The maximum Gasteiger partial charge on any atom is 0.164 e. The number of hydrogen-bond acceptors (Lipinski definition) is 4. The minimum Gasteiger partial charge on any atom is -0.456 e. The van der Waals surface area contributed by atoms with E-state index < -0.39 is 0 Å². The molecule has 0 saturated carbocycles. The van der Waals surface area contributed by atoms with Gasteiger partial charge in [-0.2, -0.15) is 0 Å². The molecule has 0 bridgehead atoms. The lowest BCUT2D eigenvalue weighted by Gasteiger charge is -2.12. The highest BCUT2D eigenvalue weighted by molar-refractivity contribution is 6.06. The Balaban J connectivity index is 1.12. The standard InChI is InChI=1S/C47H29N3O/c1-2-11-31(12-3-1)39-18-9-15-35-28-38(22-24-40(35)39)47-49-45(48-46(50-47)37-21-20-30-10-4-5-13-32(30)26-37)36-16-8-14-33(27-36)34-23-25-44-42(29-34)41-17-6-7-19-43(41)51-44/h1-29H. The fraction of sp³-hybridized carbons (Fsp3) is 0. The van der Waals surface area contributed by atoms with Crippen molar-refractivity contribution >= 4 is 43.5 Å². The molecule has 0 N–H and O–H groups in total. The Morgan fingerprint density at radius 1 is 0.294 bits per heavy atom. The highest BCUT2D eigenvalue weighted by Crippen LogP contribution is 2.35. The third kappa shape index (κ3) is 5.22. The van der Waals surface area contributed by atoms with Gasteiger partial charge < -0.3 is 4.42 Å². The van der Waals surface area contributed by atoms with Crippen molar-refractivity contribution in [3.8, 4) is 56.4 Å². The molecule has 238 valence electrons. The summed E-state index contributed by atoms with van der Waals surface area (Å²) in [6, 6.07) is 61.2. The van der Waals surface area contributed by atoms with Crippen molar-refractivity contribution in [3.05, 3.63) is 176 Å². The fourth-order valence-corrected chi connectivity index (χ4v) is 7.13. The second kappa shape index (κ2) is 11.9. The molecule has 2 aromatic heterocycles. The average molecular weight is 652 g/mol. The van der Waals surface area contributed by atoms with E-state index in [0.29, 0.717) is 17.5 Å². The molecule has 0 aliphatic rings. The van der Waals surface area contributed by atoms with Gasteiger partial charge in [0.2, 0.25) is 0 Å². The first-order valence-corrected chi connectivity index (χ1v) is 17.1. The molecule has 2 heterocycles. The molecule has 8 aromatic carbocycles. The zero-order valence-corrected chi connectivity index (χ0v) is 27.5. The van der Waals surface area contributed by atoms with Crippen LogP contribution in [0.4, 0.5) is 0 Å². The van der Waals surface area contributed by atoms with Gasteiger partial charge in [0, 0.05) is 27.5 Å². The summed E-state index contributed by atoms with van der Waals surface area (Å²) >= 11 is 0. The van der Waals surface area contributed by atoms with Crippen molar-refractivity contribution in [1.82, 2.24) is 15.0 Å². The van der Waals surface area contributed by atoms with Gasteiger partial charge in [0.15, 0.2) is 17.5 Å². The maximum absolute atomic E-state index is 6.10. The van der Waals surface area contributed by atoms with Crippen LogP contribution in [0.3, 0.4) is 0 Å². The van der Waals surface area contributed by atoms with Crippen LogP contribution in [0, 0.1) is 0 Å². The van der Waals surface area contributed by atoms with Crippen LogP contribution in [0.2, 0.25) is 0 Å². The maximum atomic E-state index is 6.10. The van der Waals surface area contributed by atoms with Crippen LogP contribution < -0.4 is 0 Å². The summed E-state index contributed by atoms with van der Waals surface area (Å²) in [6.45, 7) is 0. The smallest absolute Gasteiger partial charge is 0.164 e. The van der Waals surface area contributed by atoms with E-state index in [0.717, 1.165) is 60.5 Å². The Kier molecular flexibility index (Phi) is 6.78. The lowest BCUT2D eigenvalue weighted by atomic mass is 9.97. The molecule has 4 heteroatoms. The summed E-state index contributed by atoms with van der Waals surface area (Å²) in [7, 11) is 0. The zero-order chi connectivity index (χ0) is 33.7. The molecule has 0 unspecified atom stereocenters. The number of benzene rings is 8. The van der Waals surface area contributed by atoms with Crippen LogP contribution in [-0.2, 0) is 0 Å². The van der Waals surface area contributed by atoms with Gasteiger partial charge in [-0.05, 0) is 80.2 Å². The van der Waals surface area contributed by atoms with Gasteiger partial charge in [-0.3, -0.25) is 0 Å². The van der Waals surface area contributed by atoms with Crippen molar-refractivity contribution in [2.24, 2.45) is 0 Å². The molecular formula is C47H29N3O. The lowest BCUT2D eigenvalue weighted by molar-refractivity contribution is 0.669. The molecule has 51 heavy (non-hydrogen) atoms. The van der Waals surface area contributed by atoms with Crippen LogP contribution in [0.5, 0.6) is 0 Å². The van der Waals surface area contributed by atoms with Crippen LogP contribution >= 0.6 is 0 Å². The average Bonchev–Trinajstić information content (AvgIpc) is 3.58. The van der Waals surface area contributed by atoms with Crippen LogP contribution in [0.1, 0.15) is 0 Å². The third-order valence-corrected chi connectivity index (χ3v) is 9.70. The number of furan rings is 1. The summed E-state index contributed by atoms with van der Waals surface area (Å²) in [5.41, 5.74) is 9.14. The Hall–Kier alpha value is -6.91. The minimum absolute atomic E-state index is 0.623. The molecule has 0 radical (unpaired) electrons. The van der Waals surface area contributed by atoms with E-state index in [1.165, 1.54) is 21.9 Å². The van der Waals surface area contributed by atoms with Gasteiger partial charge in [-0.15, -0.1) is 0 Å². The van der Waals surface area contributed by atoms with Gasteiger partial charge in [0.05, 0.1) is 0 Å². The number of nitrogens with zero attached hydrogens (tertiary/aromatic N) is 3. The predicted octanol–water partition coefficient (Wildman–Crippen LogP) is 12.4. The summed E-state index contributed by atoms with van der Waals surface area (Å²) in [4.78, 5) is 15.3. The number of para-hydroxylation sites is 1. The summed E-state index contributed by atoms with van der Waals surface area (Å²) in [5.74, 6) is 1.89. The van der Waals surface area contributed by atoms with E-state index in [-0.39, 0.29) is 0 Å². The van der Waals surface area contributed by atoms with Crippen LogP contribution in [-0.4, -0.2) is 15.0 Å². The SMILES string of the molecule is c1ccc(-c2cccc3cc(-c4nc(-c5cccc(-c6ccc7oc8ccccc8c7c6)c5)nc(-c5ccc6ccccc6c5)n4)ccc23)cc1. The van der Waals surface area contributed by atoms with Crippen molar-refractivity contribution in [2.75, 3.05) is 0 Å². The topological polar surface area (TPSA) is 51.8 Å². The van der Waals surface area contributed by atoms with E-state index in [2.05, 4.69) is 152 Å². The number of rotatable bonds is 5. The quantitative estimate of drug-likeness (QED) is 0.186. The molecule has 0 aliphatic carbocycles. The van der Waals surface area contributed by atoms with Gasteiger partial charge in [0.25, 0.3) is 0 Å². The van der Waals surface area contributed by atoms with Crippen molar-refractivity contribution < 1.29 is 4.42 Å². The van der Waals surface area contributed by atoms with Crippen molar-refractivity contribution in [3.63, 3.8) is 0 Å². The van der Waals surface area contributed by atoms with Crippen LogP contribution in [0.25, 0.3) is 99.9 Å². The lowest BCUT2D eigenvalue weighted by Crippen LogP contribution is -2.00. The number of fused-ring (bicyclic) bond motifs is 5. The van der Waals surface area contributed by atoms with Gasteiger partial charge in [-0.1, -0.05) is 140 Å². The highest BCUT2D eigenvalue weighted by Gasteiger charge is 2.15. The Morgan fingerprint density at radius 2 is 0.863 bits per heavy atom. The number of aromatic nitrogens is 3. The first-order valence-electron chi connectivity index (χ1n) is 17.1. The zero-order valence-electron chi connectivity index (χ0n) is 27.5. The molecule has 0 saturated heterocycles. The molecule has 0 amide bonds. The van der Waals surface area contributed by atoms with E-state index in [4.69, 9.17) is 19.4 Å². The normalized spacial score (nSPS) is 11.5. The Morgan fingerprint density at radius 3 is 1.71 bits per heavy atom. The molecule has 10 rings (SSSR count). The van der Waals surface area contributed by atoms with Gasteiger partial charge in [-0.25, -0.2) is 15.0 Å². The van der Waals surface area contributed by atoms with E-state index in [9.17, 15) is 0 Å². The first kappa shape index (κ1) is 29.0. The number of hydrogen-bond donors (Lipinski definition) is 0. The molecule has 10 aromatic rings. The van der Waals surface area contributed by atoms with E-state index in [1.807, 2.05) is 24.3 Å². The highest BCUT2D eigenvalue weighted by atomic mass is 16.3. The summed E-state index contributed by atoms with van der Waals surface area (Å²) in [6.07, 6.45) is 0. The van der Waals surface area contributed by atoms with Gasteiger partial charge in [0.1, 0.15) is 11.2 Å². The minimum atomic E-state index is 0.623. The Labute approximate surface area is 294 Å². The molecule has 0 spiro atoms. The predicted molar refractivity (Wildman–Crippen MR) is 209 cm³/mol. The summed E-state index contributed by atoms with van der Waals surface area (Å²) < 4.78 is 6.10. The second-order valence-corrected chi connectivity index (χ2v) is 12.9. The molecule has 0 atom stereocenters. The van der Waals surface area contributed by atoms with E-state index >= 15 is 0 Å². The third-order valence-electron chi connectivity index (χ3n) is 9.70. The molecule has 4 nitrogen and oxygen atoms in total. The van der Waals surface area contributed by atoms with Gasteiger partial charge >= 0.3 is 0 Å². The Bertz CT molecular complexity index is 2930. The molecule has 0 aliphatic heterocycles. The second-order valence-electron chi connectivity index (χ2n) is 12.9. The first-order chi connectivity index (χ1) is 25.2. The van der Waals surface area contributed by atoms with Crippen molar-refractivity contribution in [2.45, 2.75) is 0 Å². The largest absolute Gasteiger partial charge is 0.456 e. The van der Waals surface area contributed by atoms with Crippen molar-refractivity contribution in [1.29, 1.82) is 0 Å². The summed E-state index contributed by atoms with van der Waals surface area (Å²) in [5, 5.41) is 6.84.